The Morgan fingerprint density at radius 2 is 1.80 bits per heavy atom. The highest BCUT2D eigenvalue weighted by molar-refractivity contribution is 6.72. The maximum Gasteiger partial charge on any atom is 0.132 e. The van der Waals surface area contributed by atoms with E-state index in [2.05, 4.69) is 11.1 Å². The monoisotopic (exact) mass is 323 g/mol. The van der Waals surface area contributed by atoms with Crippen molar-refractivity contribution in [2.45, 2.75) is 17.7 Å². The molecular formula is C16H12Cl3N. The Bertz CT molecular complexity index is 681. The molecule has 0 spiro atoms. The Kier molecular flexibility index (Phi) is 3.76. The summed E-state index contributed by atoms with van der Waals surface area (Å²) in [5.74, 6) is 0. The van der Waals surface area contributed by atoms with E-state index >= 15 is 0 Å². The highest BCUT2D eigenvalue weighted by Crippen LogP contribution is 2.42. The number of fused-ring (bicyclic) bond motifs is 1. The molecule has 0 fully saturated rings. The molecule has 2 aromatic rings. The predicted molar refractivity (Wildman–Crippen MR) is 86.7 cm³/mol. The van der Waals surface area contributed by atoms with E-state index in [1.54, 1.807) is 0 Å². The molecule has 0 saturated heterocycles. The van der Waals surface area contributed by atoms with Gasteiger partial charge in [-0.15, -0.1) is 11.6 Å². The molecule has 3 rings (SSSR count). The van der Waals surface area contributed by atoms with E-state index in [0.29, 0.717) is 16.6 Å². The van der Waals surface area contributed by atoms with Crippen LogP contribution in [0.15, 0.2) is 53.5 Å². The van der Waals surface area contributed by atoms with E-state index in [1.807, 2.05) is 42.5 Å². The summed E-state index contributed by atoms with van der Waals surface area (Å²) >= 11 is 19.3. The van der Waals surface area contributed by atoms with Gasteiger partial charge in [0.1, 0.15) is 10.0 Å². The van der Waals surface area contributed by atoms with Gasteiger partial charge in [-0.3, -0.25) is 0 Å². The molecule has 1 heterocycles. The number of aliphatic imine (C=N–C) groups is 1. The highest BCUT2D eigenvalue weighted by Gasteiger charge is 2.36. The number of benzene rings is 2. The van der Waals surface area contributed by atoms with Crippen molar-refractivity contribution in [2.24, 2.45) is 4.99 Å². The minimum Gasteiger partial charge on any atom is -0.239 e. The Balaban J connectivity index is 2.08. The highest BCUT2D eigenvalue weighted by atomic mass is 35.5. The van der Waals surface area contributed by atoms with Crippen molar-refractivity contribution >= 4 is 45.7 Å². The lowest BCUT2D eigenvalue weighted by Gasteiger charge is -2.25. The smallest absolute Gasteiger partial charge is 0.132 e. The van der Waals surface area contributed by atoms with Crippen LogP contribution in [0.1, 0.15) is 17.5 Å². The maximum absolute atomic E-state index is 6.80. The molecule has 2 aromatic carbocycles. The van der Waals surface area contributed by atoms with Crippen LogP contribution in [0.25, 0.3) is 0 Å². The van der Waals surface area contributed by atoms with E-state index in [0.717, 1.165) is 23.2 Å². The molecule has 0 N–H and O–H groups in total. The molecule has 1 aliphatic rings. The van der Waals surface area contributed by atoms with Gasteiger partial charge >= 0.3 is 0 Å². The first-order valence-corrected chi connectivity index (χ1v) is 7.50. The Hall–Kier alpha value is -1.02. The van der Waals surface area contributed by atoms with Crippen LogP contribution in [0.4, 0.5) is 5.69 Å². The third-order valence-corrected chi connectivity index (χ3v) is 4.88. The number of hydrogen-bond acceptors (Lipinski definition) is 1. The molecule has 1 unspecified atom stereocenters. The van der Waals surface area contributed by atoms with Crippen molar-refractivity contribution in [3.8, 4) is 0 Å². The Labute approximate surface area is 133 Å². The normalized spacial score (nSPS) is 21.9. The maximum atomic E-state index is 6.80. The second-order valence-electron chi connectivity index (χ2n) is 4.84. The standard InChI is InChI=1S/C16H12Cl3N/c17-13-6-3-5-12(10-13)16(19)9-8-11-4-1-2-7-14(11)20-15(16)18/h1-7,10H,8-9H2. The molecule has 0 aliphatic carbocycles. The number of para-hydroxylation sites is 1. The number of halogens is 3. The fourth-order valence-electron chi connectivity index (χ4n) is 2.43. The van der Waals surface area contributed by atoms with Gasteiger partial charge in [-0.05, 0) is 42.2 Å². The van der Waals surface area contributed by atoms with Crippen LogP contribution in [0, 0.1) is 0 Å². The van der Waals surface area contributed by atoms with Gasteiger partial charge in [-0.25, -0.2) is 4.99 Å². The van der Waals surface area contributed by atoms with Crippen LogP contribution in [0.5, 0.6) is 0 Å². The van der Waals surface area contributed by atoms with Gasteiger partial charge in [-0.1, -0.05) is 53.5 Å². The van der Waals surface area contributed by atoms with Crippen LogP contribution in [0.3, 0.4) is 0 Å². The number of alkyl halides is 1. The van der Waals surface area contributed by atoms with Crippen LogP contribution in [-0.4, -0.2) is 5.17 Å². The minimum absolute atomic E-state index is 0.395. The second-order valence-corrected chi connectivity index (χ2v) is 6.28. The summed E-state index contributed by atoms with van der Waals surface area (Å²) in [6.45, 7) is 0. The Morgan fingerprint density at radius 3 is 2.60 bits per heavy atom. The quantitative estimate of drug-likeness (QED) is 0.598. The number of nitrogens with zero attached hydrogens (tertiary/aromatic N) is 1. The summed E-state index contributed by atoms with van der Waals surface area (Å²) < 4.78 is 0. The molecular weight excluding hydrogens is 313 g/mol. The Morgan fingerprint density at radius 1 is 1.00 bits per heavy atom. The summed E-state index contributed by atoms with van der Waals surface area (Å²) in [4.78, 5) is 3.69. The molecule has 1 atom stereocenters. The van der Waals surface area contributed by atoms with Crippen LogP contribution < -0.4 is 0 Å². The first-order valence-electron chi connectivity index (χ1n) is 6.37. The molecule has 20 heavy (non-hydrogen) atoms. The molecule has 0 bridgehead atoms. The zero-order valence-electron chi connectivity index (χ0n) is 10.6. The van der Waals surface area contributed by atoms with E-state index in [-0.39, 0.29) is 0 Å². The first kappa shape index (κ1) is 13.9. The van der Waals surface area contributed by atoms with E-state index < -0.39 is 4.87 Å². The van der Waals surface area contributed by atoms with Gasteiger partial charge in [0, 0.05) is 5.02 Å². The SMILES string of the molecule is ClC1=Nc2ccccc2CCC1(Cl)c1cccc(Cl)c1. The summed E-state index contributed by atoms with van der Waals surface area (Å²) in [6, 6.07) is 15.5. The van der Waals surface area contributed by atoms with Gasteiger partial charge in [0.15, 0.2) is 0 Å². The lowest BCUT2D eigenvalue weighted by Crippen LogP contribution is -2.26. The largest absolute Gasteiger partial charge is 0.239 e. The second kappa shape index (κ2) is 5.40. The third-order valence-electron chi connectivity index (χ3n) is 3.56. The van der Waals surface area contributed by atoms with Crippen LogP contribution >= 0.6 is 34.8 Å². The fourth-order valence-corrected chi connectivity index (χ4v) is 3.17. The molecule has 4 heteroatoms. The van der Waals surface area contributed by atoms with Crippen molar-refractivity contribution in [2.75, 3.05) is 0 Å². The zero-order chi connectivity index (χ0) is 14.2. The molecule has 102 valence electrons. The van der Waals surface area contributed by atoms with Crippen molar-refractivity contribution in [3.63, 3.8) is 0 Å². The summed E-state index contributed by atoms with van der Waals surface area (Å²) in [7, 11) is 0. The molecule has 0 amide bonds. The lowest BCUT2D eigenvalue weighted by molar-refractivity contribution is 0.717. The minimum atomic E-state index is -0.814. The van der Waals surface area contributed by atoms with E-state index in [4.69, 9.17) is 34.8 Å². The summed E-state index contributed by atoms with van der Waals surface area (Å²) in [5.41, 5.74) is 2.94. The molecule has 1 aliphatic heterocycles. The zero-order valence-corrected chi connectivity index (χ0v) is 12.9. The van der Waals surface area contributed by atoms with Gasteiger partial charge in [0.05, 0.1) is 5.69 Å². The topological polar surface area (TPSA) is 12.4 Å². The van der Waals surface area contributed by atoms with Crippen molar-refractivity contribution < 1.29 is 0 Å². The van der Waals surface area contributed by atoms with Crippen LogP contribution in [0.2, 0.25) is 5.02 Å². The fraction of sp³-hybridized carbons (Fsp3) is 0.188. The average molecular weight is 325 g/mol. The lowest BCUT2D eigenvalue weighted by atomic mass is 9.93. The van der Waals surface area contributed by atoms with Gasteiger partial charge < -0.3 is 0 Å². The van der Waals surface area contributed by atoms with Crippen molar-refractivity contribution in [3.05, 3.63) is 64.7 Å². The van der Waals surface area contributed by atoms with E-state index in [1.165, 1.54) is 0 Å². The number of aryl methyl sites for hydroxylation is 1. The molecule has 1 nitrogen and oxygen atoms in total. The predicted octanol–water partition coefficient (Wildman–Crippen LogP) is 5.69. The first-order chi connectivity index (χ1) is 9.59. The molecule has 0 aromatic heterocycles. The van der Waals surface area contributed by atoms with Gasteiger partial charge in [-0.2, -0.15) is 0 Å². The van der Waals surface area contributed by atoms with E-state index in [9.17, 15) is 0 Å². The summed E-state index contributed by atoms with van der Waals surface area (Å²) in [6.07, 6.45) is 1.51. The van der Waals surface area contributed by atoms with Crippen molar-refractivity contribution in [1.29, 1.82) is 0 Å². The summed E-state index contributed by atoms with van der Waals surface area (Å²) in [5, 5.41) is 1.04. The average Bonchev–Trinajstić information content (AvgIpc) is 2.58. The van der Waals surface area contributed by atoms with Crippen LogP contribution in [-0.2, 0) is 11.3 Å². The number of rotatable bonds is 1. The third kappa shape index (κ3) is 2.46. The van der Waals surface area contributed by atoms with Gasteiger partial charge in [0.25, 0.3) is 0 Å². The van der Waals surface area contributed by atoms with Crippen molar-refractivity contribution in [1.82, 2.24) is 0 Å². The van der Waals surface area contributed by atoms with Gasteiger partial charge in [0.2, 0.25) is 0 Å². The molecule has 0 radical (unpaired) electrons. The number of hydrogen-bond donors (Lipinski definition) is 0. The molecule has 0 saturated carbocycles.